The Morgan fingerprint density at radius 2 is 2.00 bits per heavy atom. The first-order valence-electron chi connectivity index (χ1n) is 6.70. The molecule has 0 radical (unpaired) electrons. The summed E-state index contributed by atoms with van der Waals surface area (Å²) < 4.78 is 26.6. The minimum absolute atomic E-state index is 0.0192. The topological polar surface area (TPSA) is 63.4 Å². The first-order chi connectivity index (χ1) is 9.70. The Morgan fingerprint density at radius 1 is 1.38 bits per heavy atom. The highest BCUT2D eigenvalue weighted by molar-refractivity contribution is 8.00. The van der Waals surface area contributed by atoms with E-state index in [0.717, 1.165) is 16.9 Å². The molecule has 7 heteroatoms. The van der Waals surface area contributed by atoms with Gasteiger partial charge in [0.15, 0.2) is 0 Å². The third-order valence-corrected chi connectivity index (χ3v) is 6.70. The summed E-state index contributed by atoms with van der Waals surface area (Å²) in [5.41, 5.74) is 7.05. The Labute approximate surface area is 136 Å². The molecule has 1 aromatic carbocycles. The monoisotopic (exact) mass is 344 g/mol. The Morgan fingerprint density at radius 3 is 2.52 bits per heavy atom. The van der Waals surface area contributed by atoms with Crippen LogP contribution in [-0.2, 0) is 15.8 Å². The highest BCUT2D eigenvalue weighted by Gasteiger charge is 2.33. The molecular formula is C14H20N2O2S3. The SMILES string of the molecule is CC1(C)CN(S(=O)(=O)Cc2ccc(C(N)=S)cc2)CCS1. The fraction of sp³-hybridized carbons (Fsp3) is 0.500. The fourth-order valence-corrected chi connectivity index (χ4v) is 5.41. The van der Waals surface area contributed by atoms with Gasteiger partial charge in [-0.2, -0.15) is 16.1 Å². The number of thiocarbonyl (C=S) groups is 1. The van der Waals surface area contributed by atoms with E-state index in [4.69, 9.17) is 18.0 Å². The predicted molar refractivity (Wildman–Crippen MR) is 93.1 cm³/mol. The van der Waals surface area contributed by atoms with Gasteiger partial charge in [-0.25, -0.2) is 8.42 Å². The lowest BCUT2D eigenvalue weighted by Gasteiger charge is -2.36. The maximum Gasteiger partial charge on any atom is 0.218 e. The van der Waals surface area contributed by atoms with Gasteiger partial charge in [-0.05, 0) is 19.4 Å². The van der Waals surface area contributed by atoms with E-state index in [1.807, 2.05) is 11.8 Å². The predicted octanol–water partition coefficient (Wildman–Crippen LogP) is 1.98. The molecule has 0 unspecified atom stereocenters. The Bertz CT molecular complexity index is 624. The summed E-state index contributed by atoms with van der Waals surface area (Å²) >= 11 is 6.71. The summed E-state index contributed by atoms with van der Waals surface area (Å²) in [6.07, 6.45) is 0. The average Bonchev–Trinajstić information content (AvgIpc) is 2.37. The Hall–Kier alpha value is -0.630. The second-order valence-electron chi connectivity index (χ2n) is 5.76. The molecule has 0 atom stereocenters. The van der Waals surface area contributed by atoms with Crippen molar-refractivity contribution in [2.75, 3.05) is 18.8 Å². The van der Waals surface area contributed by atoms with Crippen LogP contribution in [0.3, 0.4) is 0 Å². The number of hydrogen-bond donors (Lipinski definition) is 1. The lowest BCUT2D eigenvalue weighted by molar-refractivity contribution is 0.387. The van der Waals surface area contributed by atoms with Crippen LogP contribution in [0.4, 0.5) is 0 Å². The number of thioether (sulfide) groups is 1. The van der Waals surface area contributed by atoms with E-state index >= 15 is 0 Å². The van der Waals surface area contributed by atoms with Crippen LogP contribution in [0.2, 0.25) is 0 Å². The molecule has 0 saturated carbocycles. The van der Waals surface area contributed by atoms with Gasteiger partial charge in [0, 0.05) is 29.2 Å². The van der Waals surface area contributed by atoms with Gasteiger partial charge in [-0.1, -0.05) is 36.5 Å². The summed E-state index contributed by atoms with van der Waals surface area (Å²) in [4.78, 5) is 0.319. The molecule has 0 aromatic heterocycles. The zero-order valence-electron chi connectivity index (χ0n) is 12.2. The van der Waals surface area contributed by atoms with Gasteiger partial charge >= 0.3 is 0 Å². The number of benzene rings is 1. The molecule has 0 amide bonds. The van der Waals surface area contributed by atoms with E-state index in [9.17, 15) is 8.42 Å². The maximum atomic E-state index is 12.5. The van der Waals surface area contributed by atoms with E-state index in [1.54, 1.807) is 28.6 Å². The van der Waals surface area contributed by atoms with Crippen LogP contribution in [0.15, 0.2) is 24.3 Å². The van der Waals surface area contributed by atoms with E-state index in [-0.39, 0.29) is 10.5 Å². The lowest BCUT2D eigenvalue weighted by atomic mass is 10.1. The smallest absolute Gasteiger partial charge is 0.218 e. The minimum atomic E-state index is -3.28. The van der Waals surface area contributed by atoms with Crippen LogP contribution >= 0.6 is 24.0 Å². The molecule has 2 N–H and O–H groups in total. The molecule has 0 bridgehead atoms. The van der Waals surface area contributed by atoms with Gasteiger partial charge in [0.2, 0.25) is 10.0 Å². The highest BCUT2D eigenvalue weighted by Crippen LogP contribution is 2.31. The van der Waals surface area contributed by atoms with Gasteiger partial charge < -0.3 is 5.73 Å². The van der Waals surface area contributed by atoms with Gasteiger partial charge in [0.05, 0.1) is 5.75 Å². The Kier molecular flexibility index (Phi) is 4.97. The normalized spacial score (nSPS) is 19.3. The molecule has 1 aromatic rings. The van der Waals surface area contributed by atoms with Crippen LogP contribution in [0.25, 0.3) is 0 Å². The van der Waals surface area contributed by atoms with Crippen LogP contribution in [0, 0.1) is 0 Å². The summed E-state index contributed by atoms with van der Waals surface area (Å²) in [5, 5.41) is 0. The number of hydrogen-bond acceptors (Lipinski definition) is 4. The zero-order valence-corrected chi connectivity index (χ0v) is 14.7. The molecule has 21 heavy (non-hydrogen) atoms. The first kappa shape index (κ1) is 16.7. The fourth-order valence-electron chi connectivity index (χ4n) is 2.28. The van der Waals surface area contributed by atoms with E-state index in [2.05, 4.69) is 13.8 Å². The molecular weight excluding hydrogens is 324 g/mol. The number of rotatable bonds is 4. The van der Waals surface area contributed by atoms with Gasteiger partial charge in [0.25, 0.3) is 0 Å². The number of nitrogens with zero attached hydrogens (tertiary/aromatic N) is 1. The molecule has 1 aliphatic heterocycles. The van der Waals surface area contributed by atoms with Crippen molar-refractivity contribution in [2.24, 2.45) is 5.73 Å². The summed E-state index contributed by atoms with van der Waals surface area (Å²) in [6.45, 7) is 5.30. The van der Waals surface area contributed by atoms with Crippen molar-refractivity contribution in [1.82, 2.24) is 4.31 Å². The molecule has 1 aliphatic rings. The third-order valence-electron chi connectivity index (χ3n) is 3.37. The molecule has 1 fully saturated rings. The van der Waals surface area contributed by atoms with Crippen molar-refractivity contribution in [2.45, 2.75) is 24.3 Å². The van der Waals surface area contributed by atoms with Crippen molar-refractivity contribution in [3.63, 3.8) is 0 Å². The second kappa shape index (κ2) is 6.24. The largest absolute Gasteiger partial charge is 0.389 e. The standard InChI is InChI=1S/C14H20N2O2S3/c1-14(2)10-16(7-8-20-14)21(17,18)9-11-3-5-12(6-4-11)13(15)19/h3-6H,7-10H2,1-2H3,(H2,15,19). The highest BCUT2D eigenvalue weighted by atomic mass is 32.2. The van der Waals surface area contributed by atoms with E-state index < -0.39 is 10.0 Å². The molecule has 1 heterocycles. The molecule has 0 aliphatic carbocycles. The van der Waals surface area contributed by atoms with Crippen molar-refractivity contribution in [3.05, 3.63) is 35.4 Å². The summed E-state index contributed by atoms with van der Waals surface area (Å²) in [6, 6.07) is 7.08. The van der Waals surface area contributed by atoms with Crippen molar-refractivity contribution in [1.29, 1.82) is 0 Å². The number of nitrogens with two attached hydrogens (primary N) is 1. The third kappa shape index (κ3) is 4.42. The summed E-state index contributed by atoms with van der Waals surface area (Å²) in [5.74, 6) is 0.859. The summed E-state index contributed by atoms with van der Waals surface area (Å²) in [7, 11) is -3.28. The van der Waals surface area contributed by atoms with Gasteiger partial charge in [0.1, 0.15) is 4.99 Å². The van der Waals surface area contributed by atoms with Gasteiger partial charge in [-0.3, -0.25) is 0 Å². The van der Waals surface area contributed by atoms with Crippen LogP contribution < -0.4 is 5.73 Å². The first-order valence-corrected chi connectivity index (χ1v) is 9.70. The Balaban J connectivity index is 2.12. The maximum absolute atomic E-state index is 12.5. The van der Waals surface area contributed by atoms with Crippen LogP contribution in [-0.4, -0.2) is 41.3 Å². The van der Waals surface area contributed by atoms with Crippen molar-refractivity contribution < 1.29 is 8.42 Å². The van der Waals surface area contributed by atoms with Crippen LogP contribution in [0.1, 0.15) is 25.0 Å². The lowest BCUT2D eigenvalue weighted by Crippen LogP contribution is -2.46. The quantitative estimate of drug-likeness (QED) is 0.846. The van der Waals surface area contributed by atoms with Crippen molar-refractivity contribution >= 4 is 39.0 Å². The minimum Gasteiger partial charge on any atom is -0.389 e. The van der Waals surface area contributed by atoms with Crippen molar-refractivity contribution in [3.8, 4) is 0 Å². The second-order valence-corrected chi connectivity index (χ2v) is 9.97. The van der Waals surface area contributed by atoms with E-state index in [0.29, 0.717) is 18.1 Å². The average molecular weight is 345 g/mol. The van der Waals surface area contributed by atoms with Crippen LogP contribution in [0.5, 0.6) is 0 Å². The molecule has 1 saturated heterocycles. The molecule has 4 nitrogen and oxygen atoms in total. The number of sulfonamides is 1. The zero-order chi connectivity index (χ0) is 15.7. The molecule has 116 valence electrons. The molecule has 2 rings (SSSR count). The van der Waals surface area contributed by atoms with Gasteiger partial charge in [-0.15, -0.1) is 0 Å². The van der Waals surface area contributed by atoms with E-state index in [1.165, 1.54) is 0 Å². The molecule has 0 spiro atoms.